The molecular weight excluding hydrogens is 226 g/mol. The Morgan fingerprint density at radius 2 is 2.06 bits per heavy atom. The summed E-state index contributed by atoms with van der Waals surface area (Å²) in [6, 6.07) is 0. The van der Waals surface area contributed by atoms with Crippen molar-refractivity contribution in [3.8, 4) is 0 Å². The van der Waals surface area contributed by atoms with Crippen molar-refractivity contribution >= 4 is 5.78 Å². The van der Waals surface area contributed by atoms with Gasteiger partial charge in [0.25, 0.3) is 0 Å². The summed E-state index contributed by atoms with van der Waals surface area (Å²) < 4.78 is 16.9. The van der Waals surface area contributed by atoms with Crippen LogP contribution < -0.4 is 0 Å². The summed E-state index contributed by atoms with van der Waals surface area (Å²) in [6.45, 7) is 5.16. The largest absolute Gasteiger partial charge is 0.361 e. The van der Waals surface area contributed by atoms with Crippen LogP contribution in [0, 0.1) is 0 Å². The fourth-order valence-electron chi connectivity index (χ4n) is 2.27. The zero-order valence-electron chi connectivity index (χ0n) is 9.99. The minimum atomic E-state index is -0.735. The molecule has 17 heavy (non-hydrogen) atoms. The van der Waals surface area contributed by atoms with Crippen molar-refractivity contribution in [1.29, 1.82) is 0 Å². The number of hydrogen-bond acceptors (Lipinski definition) is 5. The van der Waals surface area contributed by atoms with E-state index >= 15 is 0 Å². The molecule has 0 N–H and O–H groups in total. The standard InChI is InChI=1S/C10H15N3O4/c1-5(14)7-9-8(16-10(2,3)17-9)6(15-7)4-12-13-11/h6-9H,4H2,1-3H3/t6-,7+,8-,9+/m1/s1. The average molecular weight is 241 g/mol. The lowest BCUT2D eigenvalue weighted by atomic mass is 10.1. The van der Waals surface area contributed by atoms with E-state index in [1.807, 2.05) is 0 Å². The summed E-state index contributed by atoms with van der Waals surface area (Å²) in [7, 11) is 0. The summed E-state index contributed by atoms with van der Waals surface area (Å²) in [5.74, 6) is -0.841. The number of hydrogen-bond donors (Lipinski definition) is 0. The van der Waals surface area contributed by atoms with E-state index in [0.29, 0.717) is 0 Å². The summed E-state index contributed by atoms with van der Waals surface area (Å²) in [5, 5.41) is 3.46. The third-order valence-corrected chi connectivity index (χ3v) is 2.88. The van der Waals surface area contributed by atoms with Gasteiger partial charge in [0.2, 0.25) is 0 Å². The van der Waals surface area contributed by atoms with Gasteiger partial charge in [-0.3, -0.25) is 4.79 Å². The summed E-state index contributed by atoms with van der Waals surface area (Å²) >= 11 is 0. The maximum Gasteiger partial charge on any atom is 0.164 e. The molecule has 2 aliphatic rings. The first-order valence-electron chi connectivity index (χ1n) is 5.47. The number of fused-ring (bicyclic) bond motifs is 1. The van der Waals surface area contributed by atoms with Crippen molar-refractivity contribution in [3.63, 3.8) is 0 Å². The summed E-state index contributed by atoms with van der Waals surface area (Å²) in [6.07, 6.45) is -1.84. The zero-order chi connectivity index (χ0) is 12.6. The van der Waals surface area contributed by atoms with E-state index in [9.17, 15) is 4.79 Å². The van der Waals surface area contributed by atoms with E-state index in [0.717, 1.165) is 0 Å². The number of Topliss-reactive ketones (excluding diaryl/α,β-unsaturated/α-hetero) is 1. The lowest BCUT2D eigenvalue weighted by molar-refractivity contribution is -0.186. The molecule has 2 fully saturated rings. The predicted molar refractivity (Wildman–Crippen MR) is 57.2 cm³/mol. The lowest BCUT2D eigenvalue weighted by Crippen LogP contribution is -2.34. The highest BCUT2D eigenvalue weighted by atomic mass is 16.8. The molecule has 4 atom stereocenters. The summed E-state index contributed by atoms with van der Waals surface area (Å²) in [4.78, 5) is 14.1. The van der Waals surface area contributed by atoms with E-state index in [1.165, 1.54) is 6.92 Å². The maximum atomic E-state index is 11.5. The molecule has 0 bridgehead atoms. The fraction of sp³-hybridized carbons (Fsp3) is 0.900. The van der Waals surface area contributed by atoms with Gasteiger partial charge in [-0.25, -0.2) is 0 Å². The normalized spacial score (nSPS) is 38.5. The molecule has 0 aromatic heterocycles. The molecule has 0 saturated carbocycles. The van der Waals surface area contributed by atoms with Gasteiger partial charge in [-0.05, 0) is 26.3 Å². The minimum Gasteiger partial charge on any atom is -0.361 e. The van der Waals surface area contributed by atoms with Gasteiger partial charge >= 0.3 is 0 Å². The molecule has 0 aromatic carbocycles. The molecule has 2 aliphatic heterocycles. The molecule has 94 valence electrons. The molecule has 7 nitrogen and oxygen atoms in total. The van der Waals surface area contributed by atoms with E-state index in [2.05, 4.69) is 10.0 Å². The van der Waals surface area contributed by atoms with Crippen molar-refractivity contribution in [2.75, 3.05) is 6.54 Å². The quantitative estimate of drug-likeness (QED) is 0.421. The Morgan fingerprint density at radius 1 is 1.41 bits per heavy atom. The van der Waals surface area contributed by atoms with Crippen LogP contribution >= 0.6 is 0 Å². The number of rotatable bonds is 3. The predicted octanol–water partition coefficient (Wildman–Crippen LogP) is 1.17. The Bertz CT molecular complexity index is 378. The van der Waals surface area contributed by atoms with Crippen molar-refractivity contribution in [3.05, 3.63) is 10.4 Å². The van der Waals surface area contributed by atoms with Crippen molar-refractivity contribution in [1.82, 2.24) is 0 Å². The van der Waals surface area contributed by atoms with Gasteiger partial charge in [0, 0.05) is 4.91 Å². The average Bonchev–Trinajstić information content (AvgIpc) is 2.68. The second-order valence-corrected chi connectivity index (χ2v) is 4.68. The maximum absolute atomic E-state index is 11.5. The third kappa shape index (κ3) is 2.28. The fourth-order valence-corrected chi connectivity index (χ4v) is 2.27. The van der Waals surface area contributed by atoms with Crippen LogP contribution in [0.25, 0.3) is 10.4 Å². The van der Waals surface area contributed by atoms with Crippen LogP contribution in [0.1, 0.15) is 20.8 Å². The van der Waals surface area contributed by atoms with Gasteiger partial charge in [0.15, 0.2) is 11.6 Å². The first-order valence-corrected chi connectivity index (χ1v) is 5.47. The highest BCUT2D eigenvalue weighted by Gasteiger charge is 2.56. The van der Waals surface area contributed by atoms with Gasteiger partial charge < -0.3 is 14.2 Å². The SMILES string of the molecule is CC(=O)[C@@H]1O[C@H](CN=[N+]=[N-])[C@H]2OC(C)(C)O[C@H]21. The molecular formula is C10H15N3O4. The van der Waals surface area contributed by atoms with Gasteiger partial charge in [-0.2, -0.15) is 0 Å². The van der Waals surface area contributed by atoms with E-state index in [-0.39, 0.29) is 18.4 Å². The number of carbonyl (C=O) groups is 1. The Hall–Kier alpha value is -1.14. The molecule has 0 spiro atoms. The van der Waals surface area contributed by atoms with Gasteiger partial charge in [-0.15, -0.1) is 0 Å². The number of ether oxygens (including phenoxy) is 3. The molecule has 2 heterocycles. The van der Waals surface area contributed by atoms with E-state index in [1.54, 1.807) is 13.8 Å². The van der Waals surface area contributed by atoms with Gasteiger partial charge in [0.05, 0.1) is 12.6 Å². The molecule has 0 unspecified atom stereocenters. The number of azide groups is 1. The molecule has 2 rings (SSSR count). The minimum absolute atomic E-state index is 0.107. The highest BCUT2D eigenvalue weighted by molar-refractivity contribution is 5.81. The molecule has 0 radical (unpaired) electrons. The van der Waals surface area contributed by atoms with Crippen LogP contribution in [0.3, 0.4) is 0 Å². The molecule has 0 aliphatic carbocycles. The lowest BCUT2D eigenvalue weighted by Gasteiger charge is -2.22. The van der Waals surface area contributed by atoms with Crippen LogP contribution in [-0.2, 0) is 19.0 Å². The smallest absolute Gasteiger partial charge is 0.164 e. The Kier molecular flexibility index (Phi) is 3.09. The van der Waals surface area contributed by atoms with Crippen LogP contribution in [0.2, 0.25) is 0 Å². The molecule has 0 amide bonds. The van der Waals surface area contributed by atoms with Crippen LogP contribution in [-0.4, -0.2) is 42.5 Å². The van der Waals surface area contributed by atoms with E-state index < -0.39 is 24.1 Å². The third-order valence-electron chi connectivity index (χ3n) is 2.88. The molecule has 2 saturated heterocycles. The molecule has 0 aromatic rings. The van der Waals surface area contributed by atoms with Gasteiger partial charge in [-0.1, -0.05) is 5.11 Å². The van der Waals surface area contributed by atoms with Gasteiger partial charge in [0.1, 0.15) is 18.3 Å². The Balaban J connectivity index is 2.17. The monoisotopic (exact) mass is 241 g/mol. The van der Waals surface area contributed by atoms with E-state index in [4.69, 9.17) is 19.7 Å². The second kappa shape index (κ2) is 4.27. The van der Waals surface area contributed by atoms with Crippen molar-refractivity contribution in [2.24, 2.45) is 5.11 Å². The van der Waals surface area contributed by atoms with Crippen molar-refractivity contribution in [2.45, 2.75) is 51.0 Å². The van der Waals surface area contributed by atoms with Crippen molar-refractivity contribution < 1.29 is 19.0 Å². The topological polar surface area (TPSA) is 93.5 Å². The first kappa shape index (κ1) is 12.3. The first-order chi connectivity index (χ1) is 7.94. The highest BCUT2D eigenvalue weighted by Crippen LogP contribution is 2.39. The Labute approximate surface area is 98.6 Å². The number of ketones is 1. The summed E-state index contributed by atoms with van der Waals surface area (Å²) in [5.41, 5.74) is 8.31. The van der Waals surface area contributed by atoms with Crippen LogP contribution in [0.4, 0.5) is 0 Å². The zero-order valence-corrected chi connectivity index (χ0v) is 9.99. The van der Waals surface area contributed by atoms with Crippen LogP contribution in [0.15, 0.2) is 5.11 Å². The number of carbonyl (C=O) groups excluding carboxylic acids is 1. The van der Waals surface area contributed by atoms with Crippen LogP contribution in [0.5, 0.6) is 0 Å². The molecule has 7 heteroatoms. The number of nitrogens with zero attached hydrogens (tertiary/aromatic N) is 3. The second-order valence-electron chi connectivity index (χ2n) is 4.68. The Morgan fingerprint density at radius 3 is 2.65 bits per heavy atom.